The molecule has 0 radical (unpaired) electrons. The van der Waals surface area contributed by atoms with E-state index in [4.69, 9.17) is 0 Å². The third-order valence-corrected chi connectivity index (χ3v) is 5.00. The zero-order chi connectivity index (χ0) is 14.5. The fourth-order valence-corrected chi connectivity index (χ4v) is 3.79. The van der Waals surface area contributed by atoms with Crippen LogP contribution in [0.25, 0.3) is 10.6 Å². The molecule has 0 bridgehead atoms. The van der Waals surface area contributed by atoms with Gasteiger partial charge in [-0.05, 0) is 22.9 Å². The number of H-pyrrole nitrogens is 1. The molecule has 0 amide bonds. The Labute approximate surface area is 131 Å². The number of hydrogen-bond acceptors (Lipinski definition) is 5. The maximum atomic E-state index is 9.29. The largest absolute Gasteiger partial charge is 0.395 e. The van der Waals surface area contributed by atoms with Crippen LogP contribution in [0.5, 0.6) is 0 Å². The highest BCUT2D eigenvalue weighted by atomic mass is 32.1. The van der Waals surface area contributed by atoms with Crippen LogP contribution in [0.1, 0.15) is 10.4 Å². The van der Waals surface area contributed by atoms with E-state index in [0.717, 1.165) is 18.8 Å². The molecule has 6 heteroatoms. The van der Waals surface area contributed by atoms with E-state index in [1.54, 1.807) is 22.7 Å². The summed E-state index contributed by atoms with van der Waals surface area (Å²) in [7, 11) is 0. The second kappa shape index (κ2) is 7.00. The van der Waals surface area contributed by atoms with Crippen molar-refractivity contribution < 1.29 is 5.11 Å². The molecule has 0 aliphatic rings. The molecule has 0 atom stereocenters. The molecule has 3 aromatic heterocycles. The van der Waals surface area contributed by atoms with Gasteiger partial charge in [0.2, 0.25) is 0 Å². The molecule has 3 rings (SSSR count). The summed E-state index contributed by atoms with van der Waals surface area (Å²) >= 11 is 3.45. The van der Waals surface area contributed by atoms with Gasteiger partial charge in [-0.25, -0.2) is 0 Å². The minimum Gasteiger partial charge on any atom is -0.395 e. The van der Waals surface area contributed by atoms with Gasteiger partial charge in [0.25, 0.3) is 0 Å². The van der Waals surface area contributed by atoms with Crippen LogP contribution in [0.2, 0.25) is 0 Å². The first-order chi connectivity index (χ1) is 10.4. The molecule has 0 aliphatic heterocycles. The van der Waals surface area contributed by atoms with E-state index in [2.05, 4.69) is 44.1 Å². The lowest BCUT2D eigenvalue weighted by Crippen LogP contribution is -2.25. The number of nitrogens with one attached hydrogen (secondary N) is 1. The predicted octanol–water partition coefficient (Wildman–Crippen LogP) is 3.19. The van der Waals surface area contributed by atoms with E-state index in [1.807, 2.05) is 12.3 Å². The van der Waals surface area contributed by atoms with Crippen LogP contribution >= 0.6 is 22.7 Å². The molecule has 0 spiro atoms. The molecule has 3 aromatic rings. The van der Waals surface area contributed by atoms with Gasteiger partial charge >= 0.3 is 0 Å². The second-order valence-electron chi connectivity index (χ2n) is 4.76. The Balaban J connectivity index is 1.75. The Bertz CT molecular complexity index is 646. The standard InChI is InChI=1S/C15H17N3OS2/c19-6-5-18(11-13-3-1-7-20-13)10-12-9-16-17-15(12)14-4-2-8-21-14/h1-4,7-9,19H,5-6,10-11H2,(H,16,17). The number of nitrogens with zero attached hydrogens (tertiary/aromatic N) is 2. The van der Waals surface area contributed by atoms with Crippen molar-refractivity contribution in [2.24, 2.45) is 0 Å². The molecule has 0 aliphatic carbocycles. The Hall–Kier alpha value is -1.47. The number of aromatic amines is 1. The van der Waals surface area contributed by atoms with Crippen LogP contribution in [-0.2, 0) is 13.1 Å². The third-order valence-electron chi connectivity index (χ3n) is 3.26. The summed E-state index contributed by atoms with van der Waals surface area (Å²) in [4.78, 5) is 4.75. The molecule has 21 heavy (non-hydrogen) atoms. The molecule has 2 N–H and O–H groups in total. The fourth-order valence-electron chi connectivity index (χ4n) is 2.28. The summed E-state index contributed by atoms with van der Waals surface area (Å²) in [6.45, 7) is 2.46. The highest BCUT2D eigenvalue weighted by Crippen LogP contribution is 2.27. The second-order valence-corrected chi connectivity index (χ2v) is 6.74. The summed E-state index contributed by atoms with van der Waals surface area (Å²) in [5.74, 6) is 0. The Morgan fingerprint density at radius 1 is 1.14 bits per heavy atom. The summed E-state index contributed by atoms with van der Waals surface area (Å²) in [6, 6.07) is 8.33. The highest BCUT2D eigenvalue weighted by molar-refractivity contribution is 7.13. The van der Waals surface area contributed by atoms with Crippen molar-refractivity contribution in [3.8, 4) is 10.6 Å². The first-order valence-electron chi connectivity index (χ1n) is 6.78. The minimum atomic E-state index is 0.164. The molecular weight excluding hydrogens is 302 g/mol. The zero-order valence-corrected chi connectivity index (χ0v) is 13.2. The van der Waals surface area contributed by atoms with Gasteiger partial charge in [-0.1, -0.05) is 12.1 Å². The van der Waals surface area contributed by atoms with Crippen molar-refractivity contribution in [3.63, 3.8) is 0 Å². The molecule has 3 heterocycles. The average Bonchev–Trinajstić information content (AvgIpc) is 3.21. The van der Waals surface area contributed by atoms with Crippen molar-refractivity contribution in [1.82, 2.24) is 15.1 Å². The van der Waals surface area contributed by atoms with Crippen LogP contribution in [0.15, 0.2) is 41.2 Å². The Morgan fingerprint density at radius 3 is 2.71 bits per heavy atom. The van der Waals surface area contributed by atoms with Gasteiger partial charge in [0.05, 0.1) is 23.4 Å². The quantitative estimate of drug-likeness (QED) is 0.703. The van der Waals surface area contributed by atoms with Crippen molar-refractivity contribution in [2.45, 2.75) is 13.1 Å². The molecule has 4 nitrogen and oxygen atoms in total. The molecular formula is C15H17N3OS2. The number of rotatable bonds is 7. The highest BCUT2D eigenvalue weighted by Gasteiger charge is 2.13. The van der Waals surface area contributed by atoms with Gasteiger partial charge in [0, 0.05) is 30.1 Å². The smallest absolute Gasteiger partial charge is 0.0794 e. The summed E-state index contributed by atoms with van der Waals surface area (Å²) in [5.41, 5.74) is 2.25. The number of thiophene rings is 2. The number of hydrogen-bond donors (Lipinski definition) is 2. The van der Waals surface area contributed by atoms with Crippen LogP contribution in [-0.4, -0.2) is 33.4 Å². The maximum Gasteiger partial charge on any atom is 0.0794 e. The van der Waals surface area contributed by atoms with Gasteiger partial charge in [-0.2, -0.15) is 5.10 Å². The van der Waals surface area contributed by atoms with Crippen LogP contribution < -0.4 is 0 Å². The van der Waals surface area contributed by atoms with Crippen molar-refractivity contribution >= 4 is 22.7 Å². The van der Waals surface area contributed by atoms with Crippen molar-refractivity contribution in [2.75, 3.05) is 13.2 Å². The Morgan fingerprint density at radius 2 is 2.00 bits per heavy atom. The lowest BCUT2D eigenvalue weighted by molar-refractivity contribution is 0.185. The fraction of sp³-hybridized carbons (Fsp3) is 0.267. The monoisotopic (exact) mass is 319 g/mol. The van der Waals surface area contributed by atoms with Crippen molar-refractivity contribution in [3.05, 3.63) is 51.7 Å². The van der Waals surface area contributed by atoms with Crippen LogP contribution in [0.4, 0.5) is 0 Å². The normalized spacial score (nSPS) is 11.3. The molecule has 0 saturated heterocycles. The summed E-state index contributed by atoms with van der Waals surface area (Å²) in [5, 5.41) is 20.7. The molecule has 0 aromatic carbocycles. The maximum absolute atomic E-state index is 9.29. The SMILES string of the molecule is OCCN(Cc1cccs1)Cc1cn[nH]c1-c1cccs1. The van der Waals surface area contributed by atoms with Crippen LogP contribution in [0, 0.1) is 0 Å². The van der Waals surface area contributed by atoms with E-state index in [1.165, 1.54) is 15.3 Å². The number of aromatic nitrogens is 2. The van der Waals surface area contributed by atoms with E-state index in [9.17, 15) is 5.11 Å². The van der Waals surface area contributed by atoms with Gasteiger partial charge in [-0.3, -0.25) is 10.00 Å². The van der Waals surface area contributed by atoms with Gasteiger partial charge in [0.15, 0.2) is 0 Å². The predicted molar refractivity (Wildman–Crippen MR) is 87.4 cm³/mol. The lowest BCUT2D eigenvalue weighted by Gasteiger charge is -2.20. The van der Waals surface area contributed by atoms with Gasteiger partial charge < -0.3 is 5.11 Å². The van der Waals surface area contributed by atoms with E-state index in [-0.39, 0.29) is 6.61 Å². The topological polar surface area (TPSA) is 52.1 Å². The first kappa shape index (κ1) is 14.5. The minimum absolute atomic E-state index is 0.164. The number of aliphatic hydroxyl groups is 1. The molecule has 0 saturated carbocycles. The molecule has 110 valence electrons. The van der Waals surface area contributed by atoms with Crippen molar-refractivity contribution in [1.29, 1.82) is 0 Å². The molecule has 0 unspecified atom stereocenters. The van der Waals surface area contributed by atoms with Crippen LogP contribution in [0.3, 0.4) is 0 Å². The summed E-state index contributed by atoms with van der Waals surface area (Å²) < 4.78 is 0. The van der Waals surface area contributed by atoms with E-state index >= 15 is 0 Å². The summed E-state index contributed by atoms with van der Waals surface area (Å²) in [6.07, 6.45) is 1.88. The van der Waals surface area contributed by atoms with E-state index in [0.29, 0.717) is 6.54 Å². The van der Waals surface area contributed by atoms with E-state index < -0.39 is 0 Å². The molecule has 0 fully saturated rings. The third kappa shape index (κ3) is 3.59. The first-order valence-corrected chi connectivity index (χ1v) is 8.54. The van der Waals surface area contributed by atoms with Gasteiger partial charge in [-0.15, -0.1) is 22.7 Å². The number of aliphatic hydroxyl groups excluding tert-OH is 1. The van der Waals surface area contributed by atoms with Gasteiger partial charge in [0.1, 0.15) is 0 Å². The Kier molecular flexibility index (Phi) is 4.82. The lowest BCUT2D eigenvalue weighted by atomic mass is 10.2. The average molecular weight is 319 g/mol. The zero-order valence-electron chi connectivity index (χ0n) is 11.5.